The van der Waals surface area contributed by atoms with Crippen LogP contribution < -0.4 is 14.8 Å². The molecule has 1 aromatic heterocycles. The average molecular weight is 334 g/mol. The minimum atomic E-state index is -0.0165. The van der Waals surface area contributed by atoms with Crippen molar-refractivity contribution >= 4 is 22.5 Å². The van der Waals surface area contributed by atoms with Crippen molar-refractivity contribution in [3.8, 4) is 11.5 Å². The molecule has 1 aliphatic carbocycles. The lowest BCUT2D eigenvalue weighted by Crippen LogP contribution is -2.28. The summed E-state index contributed by atoms with van der Waals surface area (Å²) in [6.45, 7) is 0.235. The highest BCUT2D eigenvalue weighted by Gasteiger charge is 2.27. The number of ether oxygens (including phenoxy) is 2. The molecule has 3 aromatic rings. The Balaban J connectivity index is 1.36. The molecular formula is C20H18N2O3. The number of carbonyl (C=O) groups is 1. The van der Waals surface area contributed by atoms with Gasteiger partial charge in [-0.2, -0.15) is 0 Å². The van der Waals surface area contributed by atoms with Crippen LogP contribution in [0.15, 0.2) is 42.5 Å². The summed E-state index contributed by atoms with van der Waals surface area (Å²) in [5, 5.41) is 4.26. The monoisotopic (exact) mass is 334 g/mol. The number of para-hydroxylation sites is 1. The maximum Gasteiger partial charge on any atom is 0.231 e. The summed E-state index contributed by atoms with van der Waals surface area (Å²) in [5.74, 6) is 1.45. The topological polar surface area (TPSA) is 63.4 Å². The van der Waals surface area contributed by atoms with E-state index in [-0.39, 0.29) is 18.6 Å². The Kier molecular flexibility index (Phi) is 3.20. The lowest BCUT2D eigenvalue weighted by atomic mass is 9.86. The van der Waals surface area contributed by atoms with Gasteiger partial charge in [0.1, 0.15) is 0 Å². The van der Waals surface area contributed by atoms with Gasteiger partial charge in [0, 0.05) is 34.3 Å². The van der Waals surface area contributed by atoms with E-state index in [4.69, 9.17) is 9.47 Å². The van der Waals surface area contributed by atoms with Gasteiger partial charge in [0.2, 0.25) is 12.7 Å². The molecule has 2 aromatic carbocycles. The summed E-state index contributed by atoms with van der Waals surface area (Å²) in [4.78, 5) is 16.2. The number of aryl methyl sites for hydroxylation is 1. The van der Waals surface area contributed by atoms with Crippen molar-refractivity contribution in [3.05, 3.63) is 53.7 Å². The van der Waals surface area contributed by atoms with Gasteiger partial charge in [0.15, 0.2) is 11.5 Å². The maximum absolute atomic E-state index is 12.7. The second-order valence-corrected chi connectivity index (χ2v) is 6.62. The summed E-state index contributed by atoms with van der Waals surface area (Å²) in [5.41, 5.74) is 4.46. The minimum absolute atomic E-state index is 0.0165. The van der Waals surface area contributed by atoms with Gasteiger partial charge in [-0.25, -0.2) is 0 Å². The molecule has 1 amide bonds. The molecule has 2 aliphatic rings. The fraction of sp³-hybridized carbons (Fsp3) is 0.250. The molecule has 5 heteroatoms. The molecule has 1 aliphatic heterocycles. The fourth-order valence-electron chi connectivity index (χ4n) is 3.81. The van der Waals surface area contributed by atoms with Gasteiger partial charge in [-0.3, -0.25) is 4.79 Å². The lowest BCUT2D eigenvalue weighted by molar-refractivity contribution is -0.120. The molecule has 0 spiro atoms. The fourth-order valence-corrected chi connectivity index (χ4v) is 3.81. The van der Waals surface area contributed by atoms with Gasteiger partial charge in [-0.1, -0.05) is 18.2 Å². The molecular weight excluding hydrogens is 316 g/mol. The van der Waals surface area contributed by atoms with E-state index in [1.807, 2.05) is 30.3 Å². The van der Waals surface area contributed by atoms with E-state index in [1.165, 1.54) is 16.6 Å². The van der Waals surface area contributed by atoms with E-state index in [0.717, 1.165) is 36.2 Å². The number of anilines is 1. The number of fused-ring (bicyclic) bond motifs is 4. The maximum atomic E-state index is 12.7. The summed E-state index contributed by atoms with van der Waals surface area (Å²) < 4.78 is 10.7. The normalized spacial score (nSPS) is 18.2. The van der Waals surface area contributed by atoms with Crippen LogP contribution in [0.2, 0.25) is 0 Å². The van der Waals surface area contributed by atoms with E-state index in [9.17, 15) is 4.79 Å². The van der Waals surface area contributed by atoms with Gasteiger partial charge < -0.3 is 19.8 Å². The summed E-state index contributed by atoms with van der Waals surface area (Å²) in [6.07, 6.45) is 2.54. The molecule has 0 bridgehead atoms. The number of carbonyl (C=O) groups excluding carboxylic acids is 1. The van der Waals surface area contributed by atoms with Gasteiger partial charge in [0.05, 0.1) is 0 Å². The van der Waals surface area contributed by atoms with Crippen molar-refractivity contribution < 1.29 is 14.3 Å². The van der Waals surface area contributed by atoms with Gasteiger partial charge in [0.25, 0.3) is 0 Å². The van der Waals surface area contributed by atoms with Gasteiger partial charge >= 0.3 is 0 Å². The predicted octanol–water partition coefficient (Wildman–Crippen LogP) is 3.64. The van der Waals surface area contributed by atoms with Crippen molar-refractivity contribution in [2.45, 2.75) is 19.3 Å². The molecule has 0 saturated carbocycles. The van der Waals surface area contributed by atoms with Crippen LogP contribution in [0.1, 0.15) is 17.7 Å². The van der Waals surface area contributed by atoms with Crippen molar-refractivity contribution in [3.63, 3.8) is 0 Å². The number of rotatable bonds is 2. The highest BCUT2D eigenvalue weighted by Crippen LogP contribution is 2.35. The molecule has 1 unspecified atom stereocenters. The lowest BCUT2D eigenvalue weighted by Gasteiger charge is -2.22. The third kappa shape index (κ3) is 2.43. The van der Waals surface area contributed by atoms with Crippen molar-refractivity contribution in [1.29, 1.82) is 0 Å². The zero-order valence-electron chi connectivity index (χ0n) is 13.7. The van der Waals surface area contributed by atoms with E-state index < -0.39 is 0 Å². The van der Waals surface area contributed by atoms with Crippen molar-refractivity contribution in [2.75, 3.05) is 12.1 Å². The summed E-state index contributed by atoms with van der Waals surface area (Å²) >= 11 is 0. The molecule has 2 heterocycles. The van der Waals surface area contributed by atoms with Crippen LogP contribution in [0.4, 0.5) is 5.69 Å². The number of amides is 1. The zero-order chi connectivity index (χ0) is 16.8. The third-order valence-electron chi connectivity index (χ3n) is 5.11. The van der Waals surface area contributed by atoms with Crippen LogP contribution in [0.3, 0.4) is 0 Å². The first-order valence-electron chi connectivity index (χ1n) is 8.57. The smallest absolute Gasteiger partial charge is 0.231 e. The molecule has 1 atom stereocenters. The van der Waals surface area contributed by atoms with E-state index in [2.05, 4.69) is 22.4 Å². The largest absolute Gasteiger partial charge is 0.454 e. The Hall–Kier alpha value is -2.95. The van der Waals surface area contributed by atoms with Crippen LogP contribution in [0, 0.1) is 5.92 Å². The third-order valence-corrected chi connectivity index (χ3v) is 5.11. The van der Waals surface area contributed by atoms with E-state index >= 15 is 0 Å². The predicted molar refractivity (Wildman–Crippen MR) is 95.0 cm³/mol. The number of hydrogen-bond acceptors (Lipinski definition) is 3. The second-order valence-electron chi connectivity index (χ2n) is 6.62. The molecule has 0 fully saturated rings. The average Bonchev–Trinajstić information content (AvgIpc) is 3.24. The summed E-state index contributed by atoms with van der Waals surface area (Å²) in [6, 6.07) is 13.8. The van der Waals surface area contributed by atoms with Crippen LogP contribution in [-0.4, -0.2) is 17.7 Å². The van der Waals surface area contributed by atoms with Crippen molar-refractivity contribution in [1.82, 2.24) is 4.98 Å². The highest BCUT2D eigenvalue weighted by molar-refractivity contribution is 5.94. The number of hydrogen-bond donors (Lipinski definition) is 2. The molecule has 5 rings (SSSR count). The SMILES string of the molecule is O=C(Nc1ccc2c(c1)OCO2)C1CCc2[nH]c3ccccc3c2C1. The Labute approximate surface area is 144 Å². The quantitative estimate of drug-likeness (QED) is 0.752. The van der Waals surface area contributed by atoms with Crippen molar-refractivity contribution in [2.24, 2.45) is 5.92 Å². The first-order valence-corrected chi connectivity index (χ1v) is 8.57. The molecule has 5 nitrogen and oxygen atoms in total. The summed E-state index contributed by atoms with van der Waals surface area (Å²) in [7, 11) is 0. The Morgan fingerprint density at radius 3 is 2.96 bits per heavy atom. The number of aromatic nitrogens is 1. The number of benzene rings is 2. The number of nitrogens with one attached hydrogen (secondary N) is 2. The first-order chi connectivity index (χ1) is 12.3. The van der Waals surface area contributed by atoms with Gasteiger partial charge in [-0.15, -0.1) is 0 Å². The molecule has 0 saturated heterocycles. The Morgan fingerprint density at radius 1 is 1.12 bits per heavy atom. The molecule has 0 radical (unpaired) electrons. The van der Waals surface area contributed by atoms with Crippen LogP contribution in [0.25, 0.3) is 10.9 Å². The molecule has 25 heavy (non-hydrogen) atoms. The highest BCUT2D eigenvalue weighted by atomic mass is 16.7. The zero-order valence-corrected chi connectivity index (χ0v) is 13.7. The van der Waals surface area contributed by atoms with Gasteiger partial charge in [-0.05, 0) is 43.0 Å². The second kappa shape index (κ2) is 5.55. The number of aromatic amines is 1. The van der Waals surface area contributed by atoms with Crippen LogP contribution >= 0.6 is 0 Å². The Morgan fingerprint density at radius 2 is 2.00 bits per heavy atom. The minimum Gasteiger partial charge on any atom is -0.454 e. The Bertz CT molecular complexity index is 976. The first kappa shape index (κ1) is 14.4. The molecule has 126 valence electrons. The van der Waals surface area contributed by atoms with Crippen LogP contribution in [0.5, 0.6) is 11.5 Å². The molecule has 2 N–H and O–H groups in total. The van der Waals surface area contributed by atoms with E-state index in [1.54, 1.807) is 0 Å². The van der Waals surface area contributed by atoms with E-state index in [0.29, 0.717) is 5.75 Å². The van der Waals surface area contributed by atoms with Crippen LogP contribution in [-0.2, 0) is 17.6 Å². The standard InChI is InChI=1S/C20H18N2O3/c23-20(21-13-6-8-18-19(10-13)25-11-24-18)12-5-7-17-15(9-12)14-3-1-2-4-16(14)22-17/h1-4,6,8,10,12,22H,5,7,9,11H2,(H,21,23). The number of H-pyrrole nitrogens is 1.